The van der Waals surface area contributed by atoms with Gasteiger partial charge >= 0.3 is 0 Å². The Kier molecular flexibility index (Phi) is 2.95. The summed E-state index contributed by atoms with van der Waals surface area (Å²) in [6.07, 6.45) is 9.67. The molecule has 1 saturated heterocycles. The van der Waals surface area contributed by atoms with Crippen LogP contribution in [0.5, 0.6) is 0 Å². The van der Waals surface area contributed by atoms with Crippen molar-refractivity contribution in [3.8, 4) is 0 Å². The number of amides is 1. The van der Waals surface area contributed by atoms with E-state index in [1.807, 2.05) is 0 Å². The molecule has 94 valence electrons. The molecule has 1 aliphatic heterocycles. The third-order valence-electron chi connectivity index (χ3n) is 5.06. The fourth-order valence-electron chi connectivity index (χ4n) is 4.01. The summed E-state index contributed by atoms with van der Waals surface area (Å²) in [7, 11) is 0. The number of rotatable bonds is 3. The summed E-state index contributed by atoms with van der Waals surface area (Å²) in [5, 5.41) is 0. The van der Waals surface area contributed by atoms with Crippen molar-refractivity contribution >= 4 is 5.91 Å². The Morgan fingerprint density at radius 2 is 2.00 bits per heavy atom. The molecule has 0 aromatic carbocycles. The summed E-state index contributed by atoms with van der Waals surface area (Å²) in [5.74, 6) is 2.71. The van der Waals surface area contributed by atoms with Gasteiger partial charge in [0.25, 0.3) is 0 Å². The zero-order chi connectivity index (χ0) is 11.8. The highest BCUT2D eigenvalue weighted by Gasteiger charge is 2.38. The maximum atomic E-state index is 11.1. The van der Waals surface area contributed by atoms with Crippen LogP contribution in [0.2, 0.25) is 0 Å². The number of quaternary nitrogens is 1. The van der Waals surface area contributed by atoms with Gasteiger partial charge in [-0.1, -0.05) is 12.2 Å². The molecule has 17 heavy (non-hydrogen) atoms. The van der Waals surface area contributed by atoms with Crippen molar-refractivity contribution in [1.82, 2.24) is 0 Å². The first-order valence-electron chi connectivity index (χ1n) is 7.03. The average Bonchev–Trinajstić information content (AvgIpc) is 2.91. The first-order chi connectivity index (χ1) is 8.22. The predicted octanol–water partition coefficient (Wildman–Crippen LogP) is -0.0212. The molecular weight excluding hydrogens is 212 g/mol. The van der Waals surface area contributed by atoms with Gasteiger partial charge in [-0.25, -0.2) is 0 Å². The molecule has 2 bridgehead atoms. The Labute approximate surface area is 103 Å². The molecule has 0 radical (unpaired) electrons. The van der Waals surface area contributed by atoms with Gasteiger partial charge in [0.2, 0.25) is 5.91 Å². The van der Waals surface area contributed by atoms with E-state index in [2.05, 4.69) is 12.2 Å². The number of allylic oxidation sites excluding steroid dienone is 2. The van der Waals surface area contributed by atoms with E-state index in [9.17, 15) is 4.79 Å². The van der Waals surface area contributed by atoms with Crippen LogP contribution in [0.25, 0.3) is 0 Å². The SMILES string of the molecule is NC(=O)C1CC[NH+](C[C@H]2C[C@@H]3C=C[C@H]2C3)CC1. The lowest BCUT2D eigenvalue weighted by molar-refractivity contribution is -0.909. The van der Waals surface area contributed by atoms with Crippen molar-refractivity contribution < 1.29 is 9.69 Å². The second-order valence-corrected chi connectivity index (χ2v) is 6.17. The van der Waals surface area contributed by atoms with Gasteiger partial charge < -0.3 is 10.6 Å². The first kappa shape index (κ1) is 11.3. The van der Waals surface area contributed by atoms with E-state index >= 15 is 0 Å². The number of hydrogen-bond acceptors (Lipinski definition) is 1. The van der Waals surface area contributed by atoms with Gasteiger partial charge in [-0.3, -0.25) is 4.79 Å². The van der Waals surface area contributed by atoms with E-state index in [4.69, 9.17) is 5.73 Å². The standard InChI is InChI=1S/C14H22N2O/c15-14(17)11-3-5-16(6-4-11)9-13-8-10-1-2-12(13)7-10/h1-2,10-13H,3-9H2,(H2,15,17)/p+1/t10-,12+,13-/m1/s1. The molecule has 3 N–H and O–H groups in total. The van der Waals surface area contributed by atoms with Crippen LogP contribution in [0.1, 0.15) is 25.7 Å². The lowest BCUT2D eigenvalue weighted by atomic mass is 9.91. The fourth-order valence-corrected chi connectivity index (χ4v) is 4.01. The Morgan fingerprint density at radius 1 is 1.24 bits per heavy atom. The minimum atomic E-state index is -0.0908. The van der Waals surface area contributed by atoms with Crippen molar-refractivity contribution in [2.45, 2.75) is 25.7 Å². The van der Waals surface area contributed by atoms with Crippen LogP contribution in [0.4, 0.5) is 0 Å². The molecular formula is C14H23N2O+. The highest BCUT2D eigenvalue weighted by Crippen LogP contribution is 2.42. The molecule has 1 saturated carbocycles. The lowest BCUT2D eigenvalue weighted by Crippen LogP contribution is -3.13. The largest absolute Gasteiger partial charge is 0.369 e. The van der Waals surface area contributed by atoms with Crippen LogP contribution >= 0.6 is 0 Å². The summed E-state index contributed by atoms with van der Waals surface area (Å²) in [6, 6.07) is 0. The lowest BCUT2D eigenvalue weighted by Gasteiger charge is -2.31. The van der Waals surface area contributed by atoms with Crippen molar-refractivity contribution in [3.63, 3.8) is 0 Å². The zero-order valence-corrected chi connectivity index (χ0v) is 10.4. The Morgan fingerprint density at radius 3 is 2.53 bits per heavy atom. The van der Waals surface area contributed by atoms with Gasteiger partial charge in [0.15, 0.2) is 0 Å². The van der Waals surface area contributed by atoms with E-state index in [-0.39, 0.29) is 11.8 Å². The molecule has 3 rings (SSSR count). The number of piperidine rings is 1. The second kappa shape index (κ2) is 4.45. The van der Waals surface area contributed by atoms with Crippen LogP contribution < -0.4 is 10.6 Å². The van der Waals surface area contributed by atoms with Crippen molar-refractivity contribution in [2.75, 3.05) is 19.6 Å². The number of fused-ring (bicyclic) bond motifs is 2. The third kappa shape index (κ3) is 2.25. The first-order valence-corrected chi connectivity index (χ1v) is 7.03. The van der Waals surface area contributed by atoms with E-state index in [0.717, 1.165) is 43.7 Å². The summed E-state index contributed by atoms with van der Waals surface area (Å²) >= 11 is 0. The number of nitrogens with two attached hydrogens (primary N) is 1. The van der Waals surface area contributed by atoms with Crippen molar-refractivity contribution in [2.24, 2.45) is 29.4 Å². The summed E-state index contributed by atoms with van der Waals surface area (Å²) in [4.78, 5) is 12.8. The number of nitrogens with one attached hydrogen (secondary N) is 1. The molecule has 1 amide bonds. The maximum Gasteiger partial charge on any atom is 0.220 e. The quantitative estimate of drug-likeness (QED) is 0.664. The molecule has 0 aromatic heterocycles. The van der Waals surface area contributed by atoms with E-state index < -0.39 is 0 Å². The van der Waals surface area contributed by atoms with Crippen molar-refractivity contribution in [3.05, 3.63) is 12.2 Å². The van der Waals surface area contributed by atoms with Gasteiger partial charge in [0.1, 0.15) is 0 Å². The molecule has 2 fully saturated rings. The molecule has 0 aromatic rings. The predicted molar refractivity (Wildman–Crippen MR) is 66.3 cm³/mol. The Bertz CT molecular complexity index is 331. The van der Waals surface area contributed by atoms with Crippen LogP contribution in [0.3, 0.4) is 0 Å². The maximum absolute atomic E-state index is 11.1. The van der Waals surface area contributed by atoms with Crippen molar-refractivity contribution in [1.29, 1.82) is 0 Å². The third-order valence-corrected chi connectivity index (χ3v) is 5.06. The number of hydrogen-bond donors (Lipinski definition) is 2. The summed E-state index contributed by atoms with van der Waals surface area (Å²) in [6.45, 7) is 3.60. The minimum Gasteiger partial charge on any atom is -0.369 e. The van der Waals surface area contributed by atoms with E-state index in [1.54, 1.807) is 4.90 Å². The summed E-state index contributed by atoms with van der Waals surface area (Å²) < 4.78 is 0. The van der Waals surface area contributed by atoms with E-state index in [1.165, 1.54) is 19.4 Å². The van der Waals surface area contributed by atoms with Crippen LogP contribution in [-0.2, 0) is 4.79 Å². The molecule has 3 aliphatic rings. The van der Waals surface area contributed by atoms with Crippen LogP contribution in [0, 0.1) is 23.7 Å². The number of carbonyl (C=O) groups is 1. The van der Waals surface area contributed by atoms with Gasteiger partial charge in [-0.2, -0.15) is 0 Å². The minimum absolute atomic E-state index is 0.0908. The highest BCUT2D eigenvalue weighted by molar-refractivity contribution is 5.76. The molecule has 3 atom stereocenters. The van der Waals surface area contributed by atoms with E-state index in [0.29, 0.717) is 0 Å². The van der Waals surface area contributed by atoms with Gasteiger partial charge in [0.05, 0.1) is 19.6 Å². The zero-order valence-electron chi connectivity index (χ0n) is 10.4. The van der Waals surface area contributed by atoms with Gasteiger partial charge in [-0.05, 0) is 24.7 Å². The molecule has 0 spiro atoms. The summed E-state index contributed by atoms with van der Waals surface area (Å²) in [5.41, 5.74) is 5.37. The number of carbonyl (C=O) groups excluding carboxylic acids is 1. The van der Waals surface area contributed by atoms with Crippen LogP contribution in [-0.4, -0.2) is 25.5 Å². The highest BCUT2D eigenvalue weighted by atomic mass is 16.1. The molecule has 3 heteroatoms. The van der Waals surface area contributed by atoms with Gasteiger partial charge in [-0.15, -0.1) is 0 Å². The molecule has 0 unspecified atom stereocenters. The normalized spacial score (nSPS) is 44.1. The monoisotopic (exact) mass is 235 g/mol. The molecule has 2 aliphatic carbocycles. The fraction of sp³-hybridized carbons (Fsp3) is 0.786. The smallest absolute Gasteiger partial charge is 0.220 e. The number of likely N-dealkylation sites (tertiary alicyclic amines) is 1. The Balaban J connectivity index is 1.48. The molecule has 3 nitrogen and oxygen atoms in total. The molecule has 1 heterocycles. The van der Waals surface area contributed by atoms with Gasteiger partial charge in [0, 0.05) is 24.7 Å². The number of primary amides is 1. The Hall–Kier alpha value is -0.830. The topological polar surface area (TPSA) is 47.5 Å². The van der Waals surface area contributed by atoms with Crippen LogP contribution in [0.15, 0.2) is 12.2 Å². The second-order valence-electron chi connectivity index (χ2n) is 6.17. The average molecular weight is 235 g/mol.